The molecule has 288 valence electrons. The zero-order chi connectivity index (χ0) is 37.7. The van der Waals surface area contributed by atoms with Crippen LogP contribution >= 0.6 is 0 Å². The number of hydrogen-bond acceptors (Lipinski definition) is 9. The topological polar surface area (TPSA) is 109 Å². The summed E-state index contributed by atoms with van der Waals surface area (Å²) < 4.78 is 13.5. The van der Waals surface area contributed by atoms with Crippen molar-refractivity contribution in [3.05, 3.63) is 58.9 Å². The van der Waals surface area contributed by atoms with Gasteiger partial charge in [-0.25, -0.2) is 4.39 Å². The van der Waals surface area contributed by atoms with Gasteiger partial charge in [0.25, 0.3) is 0 Å². The number of piperazine rings is 1. The molecule has 2 amide bonds. The van der Waals surface area contributed by atoms with Gasteiger partial charge in [-0.1, -0.05) is 13.0 Å². The van der Waals surface area contributed by atoms with Crippen LogP contribution < -0.4 is 5.32 Å². The molecule has 5 aliphatic rings. The summed E-state index contributed by atoms with van der Waals surface area (Å²) in [4.78, 5) is 70.4. The number of piperidine rings is 1. The molecule has 0 spiro atoms. The Morgan fingerprint density at radius 2 is 1.72 bits per heavy atom. The Bertz CT molecular complexity index is 1610. The van der Waals surface area contributed by atoms with Crippen molar-refractivity contribution >= 4 is 29.3 Å². The molecule has 2 unspecified atom stereocenters. The van der Waals surface area contributed by atoms with Crippen molar-refractivity contribution in [1.29, 1.82) is 0 Å². The average molecular weight is 732 g/mol. The predicted molar refractivity (Wildman–Crippen MR) is 204 cm³/mol. The number of likely N-dealkylation sites (N-methyl/N-ethyl adjacent to an activating group) is 2. The van der Waals surface area contributed by atoms with E-state index in [4.69, 9.17) is 4.99 Å². The highest BCUT2D eigenvalue weighted by molar-refractivity contribution is 6.11. The van der Waals surface area contributed by atoms with Gasteiger partial charge < -0.3 is 29.8 Å². The van der Waals surface area contributed by atoms with Gasteiger partial charge in [-0.3, -0.25) is 24.2 Å². The third-order valence-corrected chi connectivity index (χ3v) is 12.2. The number of ketones is 2. The maximum absolute atomic E-state index is 14.5. The van der Waals surface area contributed by atoms with Crippen molar-refractivity contribution in [3.8, 4) is 0 Å². The highest BCUT2D eigenvalue weighted by atomic mass is 19.1. The lowest BCUT2D eigenvalue weighted by Crippen LogP contribution is -2.59. The smallest absolute Gasteiger partial charge is 0.232 e. The molecule has 3 saturated heterocycles. The van der Waals surface area contributed by atoms with Gasteiger partial charge in [0, 0.05) is 82.9 Å². The minimum atomic E-state index is -0.617. The number of carbonyl (C=O) groups excluding carboxylic acids is 4. The van der Waals surface area contributed by atoms with E-state index in [9.17, 15) is 23.6 Å². The number of hydrogen-bond donors (Lipinski definition) is 1. The van der Waals surface area contributed by atoms with Gasteiger partial charge in [-0.2, -0.15) is 0 Å². The van der Waals surface area contributed by atoms with Crippen molar-refractivity contribution in [3.63, 3.8) is 0 Å². The largest absolute Gasteiger partial charge is 0.345 e. The Hall–Kier alpha value is -3.90. The van der Waals surface area contributed by atoms with E-state index in [1.807, 2.05) is 35.9 Å². The van der Waals surface area contributed by atoms with Crippen molar-refractivity contribution in [2.45, 2.75) is 64.8 Å². The lowest BCUT2D eigenvalue weighted by Gasteiger charge is -2.46. The zero-order valence-electron chi connectivity index (χ0n) is 32.1. The highest BCUT2D eigenvalue weighted by Gasteiger charge is 2.45. The van der Waals surface area contributed by atoms with E-state index in [0.29, 0.717) is 76.0 Å². The Morgan fingerprint density at radius 3 is 2.38 bits per heavy atom. The fraction of sp³-hybridized carbons (Fsp3) is 0.634. The molecular weight excluding hydrogens is 673 g/mol. The monoisotopic (exact) mass is 731 g/mol. The number of allylic oxidation sites excluding steroid dienone is 3. The second kappa shape index (κ2) is 17.1. The normalized spacial score (nSPS) is 24.9. The van der Waals surface area contributed by atoms with Crippen LogP contribution in [0.25, 0.3) is 0 Å². The number of carbonyl (C=O) groups is 4. The summed E-state index contributed by atoms with van der Waals surface area (Å²) in [7, 11) is 3.80. The number of aliphatic imine (C=N–C) groups is 1. The molecule has 3 fully saturated rings. The van der Waals surface area contributed by atoms with Crippen LogP contribution in [-0.4, -0.2) is 146 Å². The molecule has 1 aromatic rings. The first-order valence-corrected chi connectivity index (χ1v) is 19.7. The molecule has 4 heterocycles. The number of rotatable bonds is 12. The first-order chi connectivity index (χ1) is 25.5. The van der Waals surface area contributed by atoms with Gasteiger partial charge in [0.1, 0.15) is 11.6 Å². The van der Waals surface area contributed by atoms with Crippen LogP contribution in [-0.2, 0) is 14.4 Å². The van der Waals surface area contributed by atoms with Crippen LogP contribution in [0.5, 0.6) is 0 Å². The Kier molecular flexibility index (Phi) is 12.5. The quantitative estimate of drug-likeness (QED) is 0.325. The first kappa shape index (κ1) is 38.8. The Morgan fingerprint density at radius 1 is 1.00 bits per heavy atom. The lowest BCUT2D eigenvalue weighted by molar-refractivity contribution is -0.144. The van der Waals surface area contributed by atoms with E-state index >= 15 is 0 Å². The molecule has 1 aromatic carbocycles. The first-order valence-electron chi connectivity index (χ1n) is 19.7. The van der Waals surface area contributed by atoms with Crippen LogP contribution in [0.3, 0.4) is 0 Å². The summed E-state index contributed by atoms with van der Waals surface area (Å²) in [6, 6.07) is 5.49. The van der Waals surface area contributed by atoms with Crippen molar-refractivity contribution in [2.75, 3.05) is 86.1 Å². The third-order valence-electron chi connectivity index (χ3n) is 12.2. The fourth-order valence-electron chi connectivity index (χ4n) is 9.13. The van der Waals surface area contributed by atoms with E-state index in [2.05, 4.69) is 26.9 Å². The van der Waals surface area contributed by atoms with Gasteiger partial charge >= 0.3 is 0 Å². The summed E-state index contributed by atoms with van der Waals surface area (Å²) in [6.07, 6.45) is 8.36. The second-order valence-corrected chi connectivity index (χ2v) is 15.9. The van der Waals surface area contributed by atoms with Gasteiger partial charge in [0.2, 0.25) is 11.8 Å². The van der Waals surface area contributed by atoms with Crippen molar-refractivity contribution in [2.24, 2.45) is 22.2 Å². The fourth-order valence-corrected chi connectivity index (χ4v) is 9.13. The van der Waals surface area contributed by atoms with Crippen LogP contribution in [0.2, 0.25) is 0 Å². The highest BCUT2D eigenvalue weighted by Crippen LogP contribution is 2.37. The van der Waals surface area contributed by atoms with Crippen LogP contribution in [0.1, 0.15) is 69.2 Å². The van der Waals surface area contributed by atoms with Gasteiger partial charge in [0.05, 0.1) is 24.5 Å². The minimum absolute atomic E-state index is 0.0646. The SMILES string of the molecule is CCN1CCN(C2=NCC(C)(C(=O)N3CCC([C@H](CCC(=O)CNC)C(=O)N4CCCC4C4=CC(C(=O)c5ccc(F)cc5)=CC4)CC3)CN2C)CC1. The molecule has 12 heteroatoms. The molecule has 53 heavy (non-hydrogen) atoms. The van der Waals surface area contributed by atoms with Crippen LogP contribution in [0.4, 0.5) is 4.39 Å². The molecule has 3 atom stereocenters. The van der Waals surface area contributed by atoms with E-state index in [1.54, 1.807) is 7.05 Å². The van der Waals surface area contributed by atoms with Crippen molar-refractivity contribution < 1.29 is 23.6 Å². The van der Waals surface area contributed by atoms with E-state index in [0.717, 1.165) is 57.1 Å². The lowest BCUT2D eigenvalue weighted by atomic mass is 9.79. The molecule has 0 radical (unpaired) electrons. The van der Waals surface area contributed by atoms with Crippen molar-refractivity contribution in [1.82, 2.24) is 29.8 Å². The summed E-state index contributed by atoms with van der Waals surface area (Å²) >= 11 is 0. The number of guanidine groups is 1. The number of Topliss-reactive ketones (excluding diaryl/α,β-unsaturated/α-hetero) is 2. The molecule has 4 aliphatic heterocycles. The number of nitrogens with one attached hydrogen (secondary N) is 1. The molecule has 0 saturated carbocycles. The molecule has 0 bridgehead atoms. The number of halogens is 1. The maximum Gasteiger partial charge on any atom is 0.232 e. The Balaban J connectivity index is 1.10. The third kappa shape index (κ3) is 8.75. The molecule has 0 aromatic heterocycles. The van der Waals surface area contributed by atoms with E-state index < -0.39 is 5.41 Å². The summed E-state index contributed by atoms with van der Waals surface area (Å²) in [5.74, 6) is 0.489. The number of benzene rings is 1. The van der Waals surface area contributed by atoms with Crippen LogP contribution in [0, 0.1) is 23.1 Å². The maximum atomic E-state index is 14.5. The predicted octanol–water partition coefficient (Wildman–Crippen LogP) is 3.62. The second-order valence-electron chi connectivity index (χ2n) is 15.9. The summed E-state index contributed by atoms with van der Waals surface area (Å²) in [6.45, 7) is 12.4. The summed E-state index contributed by atoms with van der Waals surface area (Å²) in [5.41, 5.74) is 1.44. The van der Waals surface area contributed by atoms with Gasteiger partial charge in [0.15, 0.2) is 11.7 Å². The van der Waals surface area contributed by atoms with E-state index in [1.165, 1.54) is 24.3 Å². The van der Waals surface area contributed by atoms with E-state index in [-0.39, 0.29) is 53.6 Å². The van der Waals surface area contributed by atoms with Crippen LogP contribution in [0.15, 0.2) is 52.6 Å². The molecule has 11 nitrogen and oxygen atoms in total. The number of likely N-dealkylation sites (tertiary alicyclic amines) is 2. The average Bonchev–Trinajstić information content (AvgIpc) is 3.86. The molecule has 1 N–H and O–H groups in total. The molecular formula is C41H58FN7O4. The molecule has 6 rings (SSSR count). The number of nitrogens with zero attached hydrogens (tertiary/aromatic N) is 6. The molecule has 1 aliphatic carbocycles. The zero-order valence-corrected chi connectivity index (χ0v) is 32.1. The van der Waals surface area contributed by atoms with Gasteiger partial charge in [-0.05, 0) is 101 Å². The standard InChI is InChI=1S/C41H58FN7O4/c1-5-46-21-23-48(24-22-46)40-44-27-41(2,28-45(40)4)39(53)47-19-16-29(17-20-47)35(15-14-34(50)26-43-3)38(52)49-18-6-7-36(49)31-8-9-32(25-31)37(51)30-10-12-33(42)13-11-30/h9-13,25,29,35-36,43H,5-8,14-24,26-28H2,1-4H3/t35-,36?,41?/m0/s1. The Labute approximate surface area is 314 Å². The van der Waals surface area contributed by atoms with Gasteiger partial charge in [-0.15, -0.1) is 0 Å². The summed E-state index contributed by atoms with van der Waals surface area (Å²) in [5, 5.41) is 2.94. The minimum Gasteiger partial charge on any atom is -0.345 e. The number of amides is 2.